The number of thiazole rings is 3. The minimum absolute atomic E-state index is 0.00178. The number of nitrogens with two attached hydrogens (primary N) is 1. The van der Waals surface area contributed by atoms with E-state index >= 15 is 0 Å². The number of benzene rings is 2. The van der Waals surface area contributed by atoms with Crippen molar-refractivity contribution in [3.05, 3.63) is 164 Å². The predicted octanol–water partition coefficient (Wildman–Crippen LogP) is 6.75. The first kappa shape index (κ1) is 66.6. The lowest BCUT2D eigenvalue weighted by Gasteiger charge is -2.19. The van der Waals surface area contributed by atoms with Gasteiger partial charge in [-0.2, -0.15) is 0 Å². The average Bonchev–Trinajstić information content (AvgIpc) is 4.35. The highest BCUT2D eigenvalue weighted by Gasteiger charge is 2.22. The van der Waals surface area contributed by atoms with Crippen LogP contribution < -0.4 is 16.4 Å². The lowest BCUT2D eigenvalue weighted by Crippen LogP contribution is -2.35. The summed E-state index contributed by atoms with van der Waals surface area (Å²) in [6.07, 6.45) is 5.07. The lowest BCUT2D eigenvalue weighted by molar-refractivity contribution is -0.118. The largest absolute Gasteiger partial charge is 0.478 e. The third kappa shape index (κ3) is 21.2. The summed E-state index contributed by atoms with van der Waals surface area (Å²) in [5.41, 5.74) is 9.38. The molecule has 0 aliphatic carbocycles. The number of sulfonamides is 2. The van der Waals surface area contributed by atoms with Crippen LogP contribution in [0.3, 0.4) is 0 Å². The Hall–Kier alpha value is -8.22. The first-order valence-electron chi connectivity index (χ1n) is 25.1. The van der Waals surface area contributed by atoms with Gasteiger partial charge in [-0.05, 0) is 93.6 Å². The van der Waals surface area contributed by atoms with Gasteiger partial charge in [0.05, 0.1) is 88.4 Å². The summed E-state index contributed by atoms with van der Waals surface area (Å²) in [5, 5.41) is 21.4. The SMILES string of the molecule is CC(C)(C)OC(=O)NCC(=O)Cc1nc(-c2ccccn2)cs1.CN(C)S(=O)(=O)c1cccc(C(=O)NCC(=O)Cc2nc(-c3ccccn3)cs2)c1.CN(C)S(=O)(=O)c1cccc(C(=O)O)c1.NCC(=O)Cc1nc(-c2ccccn2)cs1. The van der Waals surface area contributed by atoms with Crippen LogP contribution in [0, 0.1) is 0 Å². The number of carboxylic acid groups (broad SMARTS) is 1. The van der Waals surface area contributed by atoms with Crippen LogP contribution in [0.1, 0.15) is 56.5 Å². The summed E-state index contributed by atoms with van der Waals surface area (Å²) in [6, 6.07) is 27.7. The van der Waals surface area contributed by atoms with Gasteiger partial charge in [-0.1, -0.05) is 30.3 Å². The van der Waals surface area contributed by atoms with Crippen LogP contribution in [-0.4, -0.2) is 149 Å². The molecule has 0 bridgehead atoms. The van der Waals surface area contributed by atoms with E-state index in [0.717, 1.165) is 48.2 Å². The minimum Gasteiger partial charge on any atom is -0.478 e. The molecule has 2 aromatic carbocycles. The number of hydrogen-bond donors (Lipinski definition) is 4. The van der Waals surface area contributed by atoms with Gasteiger partial charge < -0.3 is 26.2 Å². The fourth-order valence-corrected chi connectivity index (χ4v) is 10.9. The molecular weight excluding hydrogens is 1180 g/mol. The number of aromatic nitrogens is 6. The van der Waals surface area contributed by atoms with Crippen LogP contribution in [0.25, 0.3) is 34.2 Å². The first-order chi connectivity index (χ1) is 39.7. The fourth-order valence-electron chi connectivity index (χ4n) is 6.55. The Morgan fingerprint density at radius 2 is 0.917 bits per heavy atom. The standard InChI is InChI=1S/C20H20N4O4S2.C16H19N3O3S.C11H11N3OS.C9H11NO4S/c1-24(2)30(27,28)16-7-5-6-14(10-16)20(26)22-12-15(25)11-19-23-18(13-29-19)17-8-3-4-9-21-17;1-16(2,3)22-15(21)18-9-11(20)8-14-19-13(10-23-14)12-6-4-5-7-17-12;12-6-8(15)5-11-14-10(7-16-11)9-3-1-2-4-13-9;1-10(2)15(13,14)8-5-3-4-7(6-8)9(11)12/h3-10,13H,11-12H2,1-2H3,(H,22,26);4-7,10H,8-9H2,1-3H3,(H,18,21);1-4,7H,5-6,12H2;3-6H,1-2H3,(H,11,12). The van der Waals surface area contributed by atoms with Gasteiger partial charge in [0.2, 0.25) is 20.0 Å². The van der Waals surface area contributed by atoms with Gasteiger partial charge in [0, 0.05) is 68.5 Å². The third-order valence-corrected chi connectivity index (χ3v) is 16.9. The molecule has 0 saturated heterocycles. The van der Waals surface area contributed by atoms with E-state index in [1.54, 1.807) is 39.4 Å². The van der Waals surface area contributed by atoms with Crippen LogP contribution in [0.5, 0.6) is 0 Å². The lowest BCUT2D eigenvalue weighted by atomic mass is 10.2. The Morgan fingerprint density at radius 3 is 1.27 bits per heavy atom. The molecule has 0 saturated carbocycles. The number of ketones is 3. The molecule has 0 radical (unpaired) electrons. The van der Waals surface area contributed by atoms with Crippen LogP contribution >= 0.6 is 34.0 Å². The van der Waals surface area contributed by atoms with Gasteiger partial charge in [0.1, 0.15) is 20.6 Å². The number of carbonyl (C=O) groups is 6. The minimum atomic E-state index is -3.65. The monoisotopic (exact) mass is 1240 g/mol. The normalized spacial score (nSPS) is 11.2. The molecule has 0 fully saturated rings. The number of Topliss-reactive ketones (excluding diaryl/α,β-unsaturated/α-hetero) is 3. The molecule has 6 aromatic heterocycles. The summed E-state index contributed by atoms with van der Waals surface area (Å²) in [7, 11) is -1.60. The number of amides is 2. The number of aromatic carboxylic acids is 1. The third-order valence-electron chi connectivity index (χ3n) is 10.7. The molecular formula is C56H61N11O12S5. The fraction of sp³-hybridized carbons (Fsp3) is 0.250. The molecule has 84 heavy (non-hydrogen) atoms. The van der Waals surface area contributed by atoms with Crippen molar-refractivity contribution >= 4 is 89.4 Å². The Balaban J connectivity index is 0.000000213. The number of hydrogen-bond acceptors (Lipinski definition) is 21. The van der Waals surface area contributed by atoms with Crippen LogP contribution in [-0.2, 0) is 58.4 Å². The molecule has 0 aliphatic heterocycles. The molecule has 0 atom stereocenters. The van der Waals surface area contributed by atoms with Crippen molar-refractivity contribution in [3.63, 3.8) is 0 Å². The van der Waals surface area contributed by atoms with Crippen LogP contribution in [0.2, 0.25) is 0 Å². The van der Waals surface area contributed by atoms with Crippen molar-refractivity contribution in [3.8, 4) is 34.2 Å². The molecule has 0 unspecified atom stereocenters. The number of nitrogens with zero attached hydrogens (tertiary/aromatic N) is 8. The number of pyridine rings is 3. The highest BCUT2D eigenvalue weighted by molar-refractivity contribution is 7.89. The maximum absolute atomic E-state index is 12.3. The van der Waals surface area contributed by atoms with E-state index in [1.165, 1.54) is 105 Å². The Labute approximate surface area is 498 Å². The van der Waals surface area contributed by atoms with Crippen LogP contribution in [0.4, 0.5) is 4.79 Å². The Kier molecular flexibility index (Phi) is 24.9. The molecule has 5 N–H and O–H groups in total. The first-order valence-corrected chi connectivity index (χ1v) is 30.6. The maximum Gasteiger partial charge on any atom is 0.408 e. The van der Waals surface area contributed by atoms with Gasteiger partial charge in [0.25, 0.3) is 5.91 Å². The summed E-state index contributed by atoms with van der Waals surface area (Å²) in [5.74, 6) is -2.00. The van der Waals surface area contributed by atoms with Crippen molar-refractivity contribution < 1.29 is 55.4 Å². The highest BCUT2D eigenvalue weighted by Crippen LogP contribution is 2.23. The van der Waals surface area contributed by atoms with Crippen molar-refractivity contribution in [1.29, 1.82) is 0 Å². The Bertz CT molecular complexity index is 3740. The van der Waals surface area contributed by atoms with Crippen molar-refractivity contribution in [2.75, 3.05) is 47.8 Å². The average molecular weight is 1240 g/mol. The number of carbonyl (C=O) groups excluding carboxylic acids is 5. The van der Waals surface area contributed by atoms with Gasteiger partial charge in [-0.15, -0.1) is 34.0 Å². The quantitative estimate of drug-likeness (QED) is 0.0613. The van der Waals surface area contributed by atoms with Crippen molar-refractivity contribution in [2.45, 2.75) is 55.4 Å². The number of ether oxygens (including phenoxy) is 1. The molecule has 0 aliphatic rings. The molecule has 442 valence electrons. The van der Waals surface area contributed by atoms with Crippen LogP contribution in [0.15, 0.2) is 148 Å². The highest BCUT2D eigenvalue weighted by atomic mass is 32.2. The maximum atomic E-state index is 12.3. The second-order valence-corrected chi connectivity index (χ2v) is 26.0. The molecule has 8 rings (SSSR count). The topological polar surface area (TPSA) is 334 Å². The van der Waals surface area contributed by atoms with Gasteiger partial charge in [-0.3, -0.25) is 34.1 Å². The van der Waals surface area contributed by atoms with Gasteiger partial charge in [0.15, 0.2) is 17.3 Å². The number of rotatable bonds is 20. The molecule has 2 amide bonds. The summed E-state index contributed by atoms with van der Waals surface area (Å²) >= 11 is 4.22. The van der Waals surface area contributed by atoms with Gasteiger partial charge >= 0.3 is 12.1 Å². The van der Waals surface area contributed by atoms with E-state index < -0.39 is 43.6 Å². The molecule has 8 aromatic rings. The predicted molar refractivity (Wildman–Crippen MR) is 319 cm³/mol. The van der Waals surface area contributed by atoms with Crippen molar-refractivity contribution in [1.82, 2.24) is 49.1 Å². The van der Waals surface area contributed by atoms with E-state index in [0.29, 0.717) is 22.1 Å². The smallest absolute Gasteiger partial charge is 0.408 e. The van der Waals surface area contributed by atoms with E-state index in [4.69, 9.17) is 15.6 Å². The second kappa shape index (κ2) is 31.4. The molecule has 6 heterocycles. The zero-order valence-electron chi connectivity index (χ0n) is 46.7. The van der Waals surface area contributed by atoms with E-state index in [9.17, 15) is 45.6 Å². The molecule has 28 heteroatoms. The zero-order chi connectivity index (χ0) is 61.6. The molecule has 23 nitrogen and oxygen atoms in total. The molecule has 0 spiro atoms. The van der Waals surface area contributed by atoms with Crippen molar-refractivity contribution in [2.24, 2.45) is 5.73 Å². The number of alkyl carbamates (subject to hydrolysis) is 1. The summed E-state index contributed by atoms with van der Waals surface area (Å²) < 4.78 is 54.9. The second-order valence-electron chi connectivity index (χ2n) is 18.8. The van der Waals surface area contributed by atoms with Gasteiger partial charge in [-0.25, -0.2) is 50.0 Å². The number of carboxylic acids is 1. The van der Waals surface area contributed by atoms with E-state index in [-0.39, 0.29) is 70.7 Å². The van der Waals surface area contributed by atoms with E-state index in [1.807, 2.05) is 70.7 Å². The number of nitrogens with one attached hydrogen (secondary N) is 2. The summed E-state index contributed by atoms with van der Waals surface area (Å²) in [6.45, 7) is 5.11. The van der Waals surface area contributed by atoms with E-state index in [2.05, 4.69) is 40.5 Å². The zero-order valence-corrected chi connectivity index (χ0v) is 50.7. The Morgan fingerprint density at radius 1 is 0.536 bits per heavy atom. The summed E-state index contributed by atoms with van der Waals surface area (Å²) in [4.78, 5) is 95.6.